The molecule has 0 bridgehead atoms. The molecule has 0 unspecified atom stereocenters. The summed E-state index contributed by atoms with van der Waals surface area (Å²) in [6, 6.07) is 6.44. The lowest BCUT2D eigenvalue weighted by atomic mass is 10.2. The molecule has 0 fully saturated rings. The van der Waals surface area contributed by atoms with Crippen molar-refractivity contribution in [3.05, 3.63) is 46.2 Å². The number of benzene rings is 1. The molecule has 1 aromatic heterocycles. The number of hydrogen-bond donors (Lipinski definition) is 2. The number of carbonyl (C=O) groups excluding carboxylic acids is 1. The van der Waals surface area contributed by atoms with Crippen LogP contribution >= 0.6 is 15.9 Å². The monoisotopic (exact) mass is 322 g/mol. The summed E-state index contributed by atoms with van der Waals surface area (Å²) in [6.07, 6.45) is 3.16. The summed E-state index contributed by atoms with van der Waals surface area (Å²) >= 11 is 3.24. The summed E-state index contributed by atoms with van der Waals surface area (Å²) in [5.41, 5.74) is 3.41. The fourth-order valence-electron chi connectivity index (χ4n) is 1.39. The Morgan fingerprint density at radius 1 is 1.47 bits per heavy atom. The van der Waals surface area contributed by atoms with Gasteiger partial charge in [0.05, 0.1) is 10.7 Å². The van der Waals surface area contributed by atoms with Gasteiger partial charge >= 0.3 is 0 Å². The molecule has 19 heavy (non-hydrogen) atoms. The Labute approximate surface area is 117 Å². The topological polar surface area (TPSA) is 79.5 Å². The summed E-state index contributed by atoms with van der Waals surface area (Å²) in [5.74, 6) is -0.221. The number of carbonyl (C=O) groups is 1. The third-order valence-electron chi connectivity index (χ3n) is 2.27. The average molecular weight is 323 g/mol. The van der Waals surface area contributed by atoms with Crippen LogP contribution in [0.25, 0.3) is 0 Å². The van der Waals surface area contributed by atoms with Crippen molar-refractivity contribution in [1.29, 1.82) is 0 Å². The number of nitrogens with zero attached hydrogens (tertiary/aromatic N) is 3. The molecule has 0 saturated carbocycles. The summed E-state index contributed by atoms with van der Waals surface area (Å²) < 4.78 is 2.13. The van der Waals surface area contributed by atoms with Crippen LogP contribution in [0.15, 0.2) is 40.0 Å². The standard InChI is InChI=1S/C12H11BrN4O2/c1-17-7-10(13)11(16-17)12(19)15-14-6-8-2-4-9(18)5-3-8/h2-7,18H,1H3,(H,15,19)/b14-6+. The number of hydrogen-bond acceptors (Lipinski definition) is 4. The first-order valence-electron chi connectivity index (χ1n) is 5.38. The molecule has 6 nitrogen and oxygen atoms in total. The van der Waals surface area contributed by atoms with E-state index in [1.54, 1.807) is 37.5 Å². The molecule has 98 valence electrons. The van der Waals surface area contributed by atoms with Crippen molar-refractivity contribution in [2.45, 2.75) is 0 Å². The number of aromatic hydroxyl groups is 1. The van der Waals surface area contributed by atoms with Gasteiger partial charge in [0.2, 0.25) is 0 Å². The summed E-state index contributed by atoms with van der Waals surface area (Å²) in [7, 11) is 1.72. The molecular formula is C12H11BrN4O2. The number of phenolic OH excluding ortho intramolecular Hbond substituents is 1. The largest absolute Gasteiger partial charge is 0.508 e. The van der Waals surface area contributed by atoms with Crippen molar-refractivity contribution in [3.63, 3.8) is 0 Å². The van der Waals surface area contributed by atoms with E-state index in [0.717, 1.165) is 5.56 Å². The lowest BCUT2D eigenvalue weighted by molar-refractivity contribution is 0.0948. The first kappa shape index (κ1) is 13.3. The Morgan fingerprint density at radius 3 is 2.74 bits per heavy atom. The van der Waals surface area contributed by atoms with Crippen LogP contribution in [0.5, 0.6) is 5.75 Å². The highest BCUT2D eigenvalue weighted by Gasteiger charge is 2.13. The van der Waals surface area contributed by atoms with Crippen molar-refractivity contribution < 1.29 is 9.90 Å². The number of aryl methyl sites for hydroxylation is 1. The van der Waals surface area contributed by atoms with Gasteiger partial charge in [-0.1, -0.05) is 0 Å². The van der Waals surface area contributed by atoms with Crippen LogP contribution in [0.1, 0.15) is 16.1 Å². The Hall–Kier alpha value is -2.15. The number of phenols is 1. The molecule has 0 radical (unpaired) electrons. The second-order valence-corrected chi connectivity index (χ2v) is 4.64. The molecule has 0 aliphatic rings. The number of halogens is 1. The van der Waals surface area contributed by atoms with Gasteiger partial charge in [-0.3, -0.25) is 9.48 Å². The zero-order valence-electron chi connectivity index (χ0n) is 10.0. The molecule has 0 atom stereocenters. The average Bonchev–Trinajstić information content (AvgIpc) is 2.71. The fraction of sp³-hybridized carbons (Fsp3) is 0.0833. The van der Waals surface area contributed by atoms with Crippen LogP contribution in [-0.4, -0.2) is 27.0 Å². The first-order valence-corrected chi connectivity index (χ1v) is 6.17. The quantitative estimate of drug-likeness (QED) is 0.666. The number of hydrazone groups is 1. The summed E-state index contributed by atoms with van der Waals surface area (Å²) in [5, 5.41) is 16.9. The van der Waals surface area contributed by atoms with Crippen LogP contribution < -0.4 is 5.43 Å². The van der Waals surface area contributed by atoms with Gasteiger partial charge in [-0.05, 0) is 45.8 Å². The van der Waals surface area contributed by atoms with Crippen molar-refractivity contribution in [2.75, 3.05) is 0 Å². The number of nitrogens with one attached hydrogen (secondary N) is 1. The third kappa shape index (κ3) is 3.41. The summed E-state index contributed by atoms with van der Waals surface area (Å²) in [4.78, 5) is 11.8. The van der Waals surface area contributed by atoms with Gasteiger partial charge in [-0.2, -0.15) is 10.2 Å². The molecule has 0 aliphatic heterocycles. The van der Waals surface area contributed by atoms with E-state index in [4.69, 9.17) is 5.11 Å². The van der Waals surface area contributed by atoms with Gasteiger partial charge in [0, 0.05) is 13.2 Å². The molecule has 0 saturated heterocycles. The van der Waals surface area contributed by atoms with Crippen LogP contribution in [-0.2, 0) is 7.05 Å². The van der Waals surface area contributed by atoms with Crippen molar-refractivity contribution in [2.24, 2.45) is 12.1 Å². The van der Waals surface area contributed by atoms with Gasteiger partial charge in [0.25, 0.3) is 5.91 Å². The number of amides is 1. The van der Waals surface area contributed by atoms with Gasteiger partial charge < -0.3 is 5.11 Å². The predicted octanol–water partition coefficient (Wildman–Crippen LogP) is 1.65. The maximum Gasteiger partial charge on any atom is 0.293 e. The van der Waals surface area contributed by atoms with Crippen LogP contribution in [0, 0.1) is 0 Å². The predicted molar refractivity (Wildman–Crippen MR) is 74.1 cm³/mol. The maximum absolute atomic E-state index is 11.8. The molecule has 2 aromatic rings. The van der Waals surface area contributed by atoms with E-state index in [0.29, 0.717) is 4.47 Å². The van der Waals surface area contributed by atoms with E-state index < -0.39 is 5.91 Å². The molecule has 0 spiro atoms. The van der Waals surface area contributed by atoms with Gasteiger partial charge in [0.15, 0.2) is 5.69 Å². The molecule has 1 amide bonds. The lowest BCUT2D eigenvalue weighted by Gasteiger charge is -1.97. The minimum Gasteiger partial charge on any atom is -0.508 e. The number of aromatic nitrogens is 2. The van der Waals surface area contributed by atoms with E-state index in [9.17, 15) is 4.79 Å². The SMILES string of the molecule is Cn1cc(Br)c(C(=O)N/N=C/c2ccc(O)cc2)n1. The van der Waals surface area contributed by atoms with E-state index in [1.807, 2.05) is 0 Å². The zero-order valence-corrected chi connectivity index (χ0v) is 11.6. The Bertz CT molecular complexity index is 619. The fourth-order valence-corrected chi connectivity index (χ4v) is 1.95. The van der Waals surface area contributed by atoms with E-state index in [2.05, 4.69) is 31.6 Å². The molecule has 2 rings (SSSR count). The van der Waals surface area contributed by atoms with Gasteiger partial charge in [0.1, 0.15) is 5.75 Å². The van der Waals surface area contributed by atoms with Crippen molar-refractivity contribution >= 4 is 28.1 Å². The molecule has 2 N–H and O–H groups in total. The molecular weight excluding hydrogens is 312 g/mol. The highest BCUT2D eigenvalue weighted by Crippen LogP contribution is 2.13. The second-order valence-electron chi connectivity index (χ2n) is 3.79. The van der Waals surface area contributed by atoms with Gasteiger partial charge in [-0.25, -0.2) is 5.43 Å². The molecule has 1 aromatic carbocycles. The Balaban J connectivity index is 2.00. The Morgan fingerprint density at radius 2 is 2.16 bits per heavy atom. The smallest absolute Gasteiger partial charge is 0.293 e. The van der Waals surface area contributed by atoms with Crippen LogP contribution in [0.4, 0.5) is 0 Å². The molecule has 1 heterocycles. The Kier molecular flexibility index (Phi) is 3.96. The first-order chi connectivity index (χ1) is 9.06. The minimum atomic E-state index is -0.400. The van der Waals surface area contributed by atoms with E-state index >= 15 is 0 Å². The van der Waals surface area contributed by atoms with Gasteiger partial charge in [-0.15, -0.1) is 0 Å². The van der Waals surface area contributed by atoms with Crippen molar-refractivity contribution in [3.8, 4) is 5.75 Å². The van der Waals surface area contributed by atoms with E-state index in [-0.39, 0.29) is 11.4 Å². The van der Waals surface area contributed by atoms with Crippen LogP contribution in [0.3, 0.4) is 0 Å². The maximum atomic E-state index is 11.8. The molecule has 7 heteroatoms. The normalized spacial score (nSPS) is 10.8. The minimum absolute atomic E-state index is 0.179. The highest BCUT2D eigenvalue weighted by atomic mass is 79.9. The molecule has 0 aliphatic carbocycles. The van der Waals surface area contributed by atoms with Crippen LogP contribution in [0.2, 0.25) is 0 Å². The zero-order chi connectivity index (χ0) is 13.8. The second kappa shape index (κ2) is 5.66. The highest BCUT2D eigenvalue weighted by molar-refractivity contribution is 9.10. The van der Waals surface area contributed by atoms with Crippen molar-refractivity contribution in [1.82, 2.24) is 15.2 Å². The third-order valence-corrected chi connectivity index (χ3v) is 2.85. The van der Waals surface area contributed by atoms with E-state index in [1.165, 1.54) is 10.9 Å². The number of rotatable bonds is 3. The summed E-state index contributed by atoms with van der Waals surface area (Å²) in [6.45, 7) is 0. The lowest BCUT2D eigenvalue weighted by Crippen LogP contribution is -2.18.